The van der Waals surface area contributed by atoms with Crippen LogP contribution in [0.25, 0.3) is 0 Å². The Hall–Kier alpha value is -2.24. The molecular weight excluding hydrogens is 234 g/mol. The molecule has 1 rings (SSSR count). The number of nitrogens with two attached hydrogens (primary N) is 1. The molecule has 98 valence electrons. The molecule has 0 fully saturated rings. The Morgan fingerprint density at radius 1 is 1.22 bits per heavy atom. The third kappa shape index (κ3) is 5.20. The Balaban J connectivity index is 2.21. The number of nitrogens with one attached hydrogen (secondary N) is 2. The maximum atomic E-state index is 11.4. The van der Waals surface area contributed by atoms with Crippen molar-refractivity contribution in [2.24, 2.45) is 0 Å². The summed E-state index contributed by atoms with van der Waals surface area (Å²) in [5.74, 6) is 0.0932. The molecular formula is C12H17N3O3. The second-order valence-electron chi connectivity index (χ2n) is 3.66. The first-order chi connectivity index (χ1) is 8.59. The highest BCUT2D eigenvalue weighted by molar-refractivity contribution is 5.78. The molecule has 0 saturated carbocycles. The lowest BCUT2D eigenvalue weighted by Gasteiger charge is -2.09. The summed E-state index contributed by atoms with van der Waals surface area (Å²) in [6.45, 7) is 2.08. The number of carbonyl (C=O) groups is 2. The third-order valence-corrected chi connectivity index (χ3v) is 2.10. The van der Waals surface area contributed by atoms with Crippen LogP contribution in [0.5, 0.6) is 5.75 Å². The number of benzene rings is 1. The Morgan fingerprint density at radius 2 is 1.89 bits per heavy atom. The molecule has 0 bridgehead atoms. The number of nitrogen functional groups attached to an aromatic ring is 1. The van der Waals surface area contributed by atoms with Crippen LogP contribution in [0, 0.1) is 0 Å². The summed E-state index contributed by atoms with van der Waals surface area (Å²) in [4.78, 5) is 22.0. The van der Waals surface area contributed by atoms with Gasteiger partial charge in [-0.3, -0.25) is 9.59 Å². The van der Waals surface area contributed by atoms with E-state index in [1.165, 1.54) is 6.92 Å². The van der Waals surface area contributed by atoms with Gasteiger partial charge in [-0.1, -0.05) is 12.1 Å². The SMILES string of the molecule is CC(=O)NCCNC(=O)COc1ccccc1N. The van der Waals surface area contributed by atoms with Gasteiger partial charge in [0.15, 0.2) is 6.61 Å². The molecule has 0 unspecified atom stereocenters. The Labute approximate surface area is 105 Å². The van der Waals surface area contributed by atoms with Crippen LogP contribution >= 0.6 is 0 Å². The summed E-state index contributed by atoms with van der Waals surface area (Å²) in [5, 5.41) is 5.18. The number of hydrogen-bond donors (Lipinski definition) is 3. The van der Waals surface area contributed by atoms with Gasteiger partial charge in [0.2, 0.25) is 5.91 Å². The van der Waals surface area contributed by atoms with Gasteiger partial charge in [-0.05, 0) is 12.1 Å². The van der Waals surface area contributed by atoms with Crippen LogP contribution in [-0.2, 0) is 9.59 Å². The Kier molecular flexibility index (Phi) is 5.50. The minimum atomic E-state index is -0.261. The standard InChI is InChI=1S/C12H17N3O3/c1-9(16)14-6-7-15-12(17)8-18-11-5-3-2-4-10(11)13/h2-5H,6-8,13H2,1H3,(H,14,16)(H,15,17). The van der Waals surface area contributed by atoms with E-state index in [0.717, 1.165) is 0 Å². The van der Waals surface area contributed by atoms with E-state index in [-0.39, 0.29) is 18.4 Å². The molecule has 6 heteroatoms. The first kappa shape index (κ1) is 13.8. The van der Waals surface area contributed by atoms with E-state index >= 15 is 0 Å². The lowest BCUT2D eigenvalue weighted by molar-refractivity contribution is -0.123. The zero-order chi connectivity index (χ0) is 13.4. The largest absolute Gasteiger partial charge is 0.482 e. The lowest BCUT2D eigenvalue weighted by Crippen LogP contribution is -2.36. The van der Waals surface area contributed by atoms with E-state index in [2.05, 4.69) is 10.6 Å². The van der Waals surface area contributed by atoms with Crippen LogP contribution < -0.4 is 21.1 Å². The molecule has 6 nitrogen and oxygen atoms in total. The predicted molar refractivity (Wildman–Crippen MR) is 68.0 cm³/mol. The van der Waals surface area contributed by atoms with Gasteiger partial charge in [-0.2, -0.15) is 0 Å². The number of hydrogen-bond acceptors (Lipinski definition) is 4. The number of para-hydroxylation sites is 2. The summed E-state index contributed by atoms with van der Waals surface area (Å²) in [6.07, 6.45) is 0. The molecule has 0 spiro atoms. The van der Waals surface area contributed by atoms with Crippen LogP contribution in [0.1, 0.15) is 6.92 Å². The zero-order valence-electron chi connectivity index (χ0n) is 10.2. The Bertz CT molecular complexity index is 421. The minimum absolute atomic E-state index is 0.103. The fraction of sp³-hybridized carbons (Fsp3) is 0.333. The molecule has 2 amide bonds. The van der Waals surface area contributed by atoms with Gasteiger partial charge < -0.3 is 21.1 Å². The lowest BCUT2D eigenvalue weighted by atomic mass is 10.3. The molecule has 0 aliphatic heterocycles. The van der Waals surface area contributed by atoms with Gasteiger partial charge in [0, 0.05) is 20.0 Å². The topological polar surface area (TPSA) is 93.5 Å². The van der Waals surface area contributed by atoms with Gasteiger partial charge in [-0.25, -0.2) is 0 Å². The smallest absolute Gasteiger partial charge is 0.258 e. The highest BCUT2D eigenvalue weighted by Crippen LogP contribution is 2.19. The number of anilines is 1. The van der Waals surface area contributed by atoms with Crippen LogP contribution in [-0.4, -0.2) is 31.5 Å². The fourth-order valence-corrected chi connectivity index (χ4v) is 1.25. The van der Waals surface area contributed by atoms with Gasteiger partial charge in [0.1, 0.15) is 5.75 Å². The van der Waals surface area contributed by atoms with Crippen molar-refractivity contribution in [3.63, 3.8) is 0 Å². The molecule has 18 heavy (non-hydrogen) atoms. The van der Waals surface area contributed by atoms with Crippen LogP contribution in [0.4, 0.5) is 5.69 Å². The third-order valence-electron chi connectivity index (χ3n) is 2.10. The van der Waals surface area contributed by atoms with E-state index in [1.807, 2.05) is 0 Å². The van der Waals surface area contributed by atoms with E-state index in [0.29, 0.717) is 24.5 Å². The maximum absolute atomic E-state index is 11.4. The van der Waals surface area contributed by atoms with E-state index < -0.39 is 0 Å². The highest BCUT2D eigenvalue weighted by Gasteiger charge is 2.04. The fourth-order valence-electron chi connectivity index (χ4n) is 1.25. The van der Waals surface area contributed by atoms with Crippen LogP contribution in [0.3, 0.4) is 0 Å². The summed E-state index contributed by atoms with van der Waals surface area (Å²) in [7, 11) is 0. The van der Waals surface area contributed by atoms with Crippen molar-refractivity contribution < 1.29 is 14.3 Å². The predicted octanol–water partition coefficient (Wildman–Crippen LogP) is -0.100. The van der Waals surface area contributed by atoms with E-state index in [4.69, 9.17) is 10.5 Å². The molecule has 1 aromatic rings. The molecule has 1 aromatic carbocycles. The normalized spacial score (nSPS) is 9.61. The molecule has 0 heterocycles. The van der Waals surface area contributed by atoms with Crippen LogP contribution in [0.2, 0.25) is 0 Å². The molecule has 0 radical (unpaired) electrons. The second kappa shape index (κ2) is 7.16. The van der Waals surface area contributed by atoms with Crippen molar-refractivity contribution in [3.05, 3.63) is 24.3 Å². The van der Waals surface area contributed by atoms with Gasteiger partial charge in [0.05, 0.1) is 5.69 Å². The minimum Gasteiger partial charge on any atom is -0.482 e. The van der Waals surface area contributed by atoms with Crippen molar-refractivity contribution in [1.82, 2.24) is 10.6 Å². The summed E-state index contributed by atoms with van der Waals surface area (Å²) >= 11 is 0. The average Bonchev–Trinajstić information content (AvgIpc) is 2.33. The van der Waals surface area contributed by atoms with E-state index in [1.54, 1.807) is 24.3 Å². The van der Waals surface area contributed by atoms with Crippen molar-refractivity contribution in [3.8, 4) is 5.75 Å². The summed E-state index contributed by atoms with van der Waals surface area (Å²) in [6, 6.07) is 6.96. The number of amides is 2. The van der Waals surface area contributed by atoms with Gasteiger partial charge >= 0.3 is 0 Å². The monoisotopic (exact) mass is 251 g/mol. The molecule has 4 N–H and O–H groups in total. The highest BCUT2D eigenvalue weighted by atomic mass is 16.5. The molecule has 0 aliphatic rings. The van der Waals surface area contributed by atoms with Gasteiger partial charge in [0.25, 0.3) is 5.91 Å². The molecule has 0 aliphatic carbocycles. The summed E-state index contributed by atoms with van der Waals surface area (Å²) < 4.78 is 5.25. The van der Waals surface area contributed by atoms with Crippen molar-refractivity contribution >= 4 is 17.5 Å². The zero-order valence-corrected chi connectivity index (χ0v) is 10.2. The number of rotatable bonds is 6. The van der Waals surface area contributed by atoms with Gasteiger partial charge in [-0.15, -0.1) is 0 Å². The number of carbonyl (C=O) groups excluding carboxylic acids is 2. The second-order valence-corrected chi connectivity index (χ2v) is 3.66. The first-order valence-corrected chi connectivity index (χ1v) is 5.58. The molecule has 0 aromatic heterocycles. The van der Waals surface area contributed by atoms with Crippen molar-refractivity contribution in [1.29, 1.82) is 0 Å². The molecule has 0 atom stereocenters. The van der Waals surface area contributed by atoms with Crippen LogP contribution in [0.15, 0.2) is 24.3 Å². The Morgan fingerprint density at radius 3 is 2.56 bits per heavy atom. The van der Waals surface area contributed by atoms with Crippen molar-refractivity contribution in [2.75, 3.05) is 25.4 Å². The van der Waals surface area contributed by atoms with E-state index in [9.17, 15) is 9.59 Å². The first-order valence-electron chi connectivity index (χ1n) is 5.58. The molecule has 0 saturated heterocycles. The summed E-state index contributed by atoms with van der Waals surface area (Å²) in [5.41, 5.74) is 6.15. The maximum Gasteiger partial charge on any atom is 0.258 e. The number of ether oxygens (including phenoxy) is 1. The quantitative estimate of drug-likeness (QED) is 0.486. The van der Waals surface area contributed by atoms with Crippen molar-refractivity contribution in [2.45, 2.75) is 6.92 Å². The average molecular weight is 251 g/mol.